The van der Waals surface area contributed by atoms with Crippen LogP contribution in [-0.4, -0.2) is 60.7 Å². The number of amides is 1. The van der Waals surface area contributed by atoms with Crippen LogP contribution in [0.2, 0.25) is 0 Å². The topological polar surface area (TPSA) is 157 Å². The minimum atomic E-state index is -3.39. The maximum atomic E-state index is 12.4. The number of carboxylic acids is 2. The quantitative estimate of drug-likeness (QED) is 0.224. The summed E-state index contributed by atoms with van der Waals surface area (Å²) in [6.07, 6.45) is -0.648. The monoisotopic (exact) mass is 582 g/mol. The smallest absolute Gasteiger partial charge is 0.336 e. The summed E-state index contributed by atoms with van der Waals surface area (Å²) in [5.41, 5.74) is 2.43. The third kappa shape index (κ3) is 6.54. The Morgan fingerprint density at radius 2 is 1.71 bits per heavy atom. The van der Waals surface area contributed by atoms with Gasteiger partial charge in [-0.05, 0) is 67.3 Å². The summed E-state index contributed by atoms with van der Waals surface area (Å²) < 4.78 is 30.2. The molecule has 1 unspecified atom stereocenters. The first-order valence-corrected chi connectivity index (χ1v) is 14.7. The molecule has 1 amide bonds. The Hall–Kier alpha value is -3.90. The van der Waals surface area contributed by atoms with E-state index in [0.29, 0.717) is 28.3 Å². The molecular weight excluding hydrogens is 548 g/mol. The lowest BCUT2D eigenvalue weighted by molar-refractivity contribution is -0.137. The van der Waals surface area contributed by atoms with Crippen LogP contribution in [0, 0.1) is 6.92 Å². The maximum absolute atomic E-state index is 12.4. The fourth-order valence-corrected chi connectivity index (χ4v) is 6.66. The van der Waals surface area contributed by atoms with Crippen LogP contribution in [0.1, 0.15) is 69.2 Å². The van der Waals surface area contributed by atoms with Crippen LogP contribution < -0.4 is 10.1 Å². The van der Waals surface area contributed by atoms with E-state index < -0.39 is 34.5 Å². The number of rotatable bonds is 9. The van der Waals surface area contributed by atoms with Gasteiger partial charge in [-0.15, -0.1) is 10.8 Å². The Kier molecular flexibility index (Phi) is 9.03. The molecule has 0 radical (unpaired) electrons. The third-order valence-corrected chi connectivity index (χ3v) is 8.98. The molecule has 41 heavy (non-hydrogen) atoms. The number of carbonyl (C=O) groups is 3. The van der Waals surface area contributed by atoms with Crippen LogP contribution in [0.4, 0.5) is 0 Å². The predicted octanol–water partition coefficient (Wildman–Crippen LogP) is 5.36. The predicted molar refractivity (Wildman–Crippen MR) is 155 cm³/mol. The number of aryl methyl sites for hydroxylation is 1. The second-order valence-corrected chi connectivity index (χ2v) is 12.0. The fraction of sp³-hybridized carbons (Fsp3) is 0.300. The highest BCUT2D eigenvalue weighted by molar-refractivity contribution is 8.22. The SMILES string of the molecule is CCNC(=O)c1ccc(C(CC(=O)O)c2ccc(C)c(CN3C[C@@H](C)Oc4ccccc4S3(O)O)c2)cc1C(=O)O. The molecule has 0 aromatic heterocycles. The van der Waals surface area contributed by atoms with Crippen molar-refractivity contribution in [1.29, 1.82) is 0 Å². The highest BCUT2D eigenvalue weighted by Gasteiger charge is 2.34. The van der Waals surface area contributed by atoms with E-state index in [2.05, 4.69) is 5.32 Å². The van der Waals surface area contributed by atoms with Gasteiger partial charge in [0.1, 0.15) is 16.7 Å². The molecule has 10 nitrogen and oxygen atoms in total. The minimum absolute atomic E-state index is 0.00948. The standard InChI is InChI=1S/C30H34N2O8S/c1-4-31-29(35)23-12-11-21(14-25(23)30(36)37)24(15-28(33)34)20-10-9-18(2)22(13-20)17-32-16-19(3)40-26-7-5-6-8-27(26)41(32,38)39/h5-14,19,24,38-39H,4,15-17H2,1-3H3,(H,31,35)(H,33,34)(H,36,37)/t19-,24?/m1/s1. The Morgan fingerprint density at radius 1 is 1.02 bits per heavy atom. The molecule has 0 spiro atoms. The highest BCUT2D eigenvalue weighted by Crippen LogP contribution is 2.57. The first kappa shape index (κ1) is 30.1. The number of fused-ring (bicyclic) bond motifs is 1. The average Bonchev–Trinajstić information content (AvgIpc) is 3.01. The highest BCUT2D eigenvalue weighted by atomic mass is 32.3. The van der Waals surface area contributed by atoms with Crippen molar-refractivity contribution in [3.63, 3.8) is 0 Å². The van der Waals surface area contributed by atoms with Gasteiger partial charge in [0.15, 0.2) is 0 Å². The molecule has 0 fully saturated rings. The Bertz CT molecular complexity index is 1470. The van der Waals surface area contributed by atoms with Crippen LogP contribution in [0.25, 0.3) is 0 Å². The Labute approximate surface area is 240 Å². The molecule has 5 N–H and O–H groups in total. The summed E-state index contributed by atoms with van der Waals surface area (Å²) in [5, 5.41) is 22.1. The van der Waals surface area contributed by atoms with E-state index in [1.807, 2.05) is 26.0 Å². The van der Waals surface area contributed by atoms with E-state index in [1.165, 1.54) is 12.1 Å². The zero-order valence-corrected chi connectivity index (χ0v) is 23.9. The lowest BCUT2D eigenvalue weighted by Gasteiger charge is -2.42. The number of hydrogen-bond acceptors (Lipinski definition) is 7. The molecule has 0 saturated heterocycles. The van der Waals surface area contributed by atoms with E-state index in [9.17, 15) is 33.7 Å². The lowest BCUT2D eigenvalue weighted by Crippen LogP contribution is -2.33. The van der Waals surface area contributed by atoms with E-state index in [1.54, 1.807) is 47.6 Å². The Balaban J connectivity index is 1.74. The van der Waals surface area contributed by atoms with Crippen molar-refractivity contribution in [3.8, 4) is 5.75 Å². The van der Waals surface area contributed by atoms with E-state index in [4.69, 9.17) is 4.74 Å². The van der Waals surface area contributed by atoms with Crippen LogP contribution in [0.15, 0.2) is 65.6 Å². The molecule has 11 heteroatoms. The van der Waals surface area contributed by atoms with E-state index in [-0.39, 0.29) is 36.7 Å². The third-order valence-electron chi connectivity index (χ3n) is 7.05. The fourth-order valence-electron chi connectivity index (χ4n) is 4.99. The van der Waals surface area contributed by atoms with Crippen molar-refractivity contribution in [2.24, 2.45) is 0 Å². The number of hydrogen-bond donors (Lipinski definition) is 5. The lowest BCUT2D eigenvalue weighted by atomic mass is 9.85. The van der Waals surface area contributed by atoms with Crippen molar-refractivity contribution < 1.29 is 38.4 Å². The number of nitrogens with one attached hydrogen (secondary N) is 1. The minimum Gasteiger partial charge on any atom is -0.487 e. The summed E-state index contributed by atoms with van der Waals surface area (Å²) >= 11 is 0. The van der Waals surface area contributed by atoms with Gasteiger partial charge in [0.05, 0.1) is 24.1 Å². The zero-order valence-electron chi connectivity index (χ0n) is 23.0. The number of para-hydroxylation sites is 1. The number of aromatic carboxylic acids is 1. The number of carboxylic acid groups (broad SMARTS) is 2. The summed E-state index contributed by atoms with van der Waals surface area (Å²) in [7, 11) is -3.39. The molecular formula is C30H34N2O8S. The van der Waals surface area contributed by atoms with Crippen LogP contribution in [0.3, 0.4) is 0 Å². The van der Waals surface area contributed by atoms with Gasteiger partial charge in [0.2, 0.25) is 0 Å². The van der Waals surface area contributed by atoms with Gasteiger partial charge < -0.3 is 20.3 Å². The molecule has 3 aromatic carbocycles. The summed E-state index contributed by atoms with van der Waals surface area (Å²) in [6.45, 7) is 6.17. The molecule has 0 saturated carbocycles. The zero-order chi connectivity index (χ0) is 29.9. The van der Waals surface area contributed by atoms with Gasteiger partial charge in [-0.3, -0.25) is 18.7 Å². The molecule has 1 aliphatic heterocycles. The van der Waals surface area contributed by atoms with Crippen molar-refractivity contribution >= 4 is 28.6 Å². The van der Waals surface area contributed by atoms with Crippen molar-refractivity contribution in [2.45, 2.75) is 50.7 Å². The number of benzene rings is 3. The Morgan fingerprint density at radius 3 is 2.39 bits per heavy atom. The molecule has 0 bridgehead atoms. The molecule has 2 atom stereocenters. The molecule has 1 aliphatic rings. The van der Waals surface area contributed by atoms with Crippen molar-refractivity contribution in [3.05, 3.63) is 94.0 Å². The number of aliphatic carboxylic acids is 1. The van der Waals surface area contributed by atoms with Crippen molar-refractivity contribution in [1.82, 2.24) is 9.62 Å². The maximum Gasteiger partial charge on any atom is 0.336 e. The van der Waals surface area contributed by atoms with Gasteiger partial charge in [0, 0.05) is 19.0 Å². The van der Waals surface area contributed by atoms with Gasteiger partial charge in [-0.2, -0.15) is 4.31 Å². The second-order valence-electron chi connectivity index (χ2n) is 10.0. The molecule has 218 valence electrons. The van der Waals surface area contributed by atoms with Gasteiger partial charge >= 0.3 is 11.9 Å². The van der Waals surface area contributed by atoms with Gasteiger partial charge in [-0.1, -0.05) is 36.4 Å². The second kappa shape index (κ2) is 12.3. The number of ether oxygens (including phenoxy) is 1. The molecule has 1 heterocycles. The first-order chi connectivity index (χ1) is 19.4. The largest absolute Gasteiger partial charge is 0.487 e. The number of carbonyl (C=O) groups excluding carboxylic acids is 1. The summed E-state index contributed by atoms with van der Waals surface area (Å²) in [5.74, 6) is -3.21. The summed E-state index contributed by atoms with van der Waals surface area (Å²) in [6, 6.07) is 16.6. The van der Waals surface area contributed by atoms with Crippen LogP contribution >= 0.6 is 10.8 Å². The normalized spacial score (nSPS) is 17.8. The van der Waals surface area contributed by atoms with Crippen molar-refractivity contribution in [2.75, 3.05) is 13.1 Å². The van der Waals surface area contributed by atoms with Crippen LogP contribution in [0.5, 0.6) is 5.75 Å². The molecule has 0 aliphatic carbocycles. The van der Waals surface area contributed by atoms with Crippen LogP contribution in [-0.2, 0) is 11.3 Å². The summed E-state index contributed by atoms with van der Waals surface area (Å²) in [4.78, 5) is 36.7. The van der Waals surface area contributed by atoms with E-state index >= 15 is 0 Å². The first-order valence-electron chi connectivity index (χ1n) is 13.2. The van der Waals surface area contributed by atoms with E-state index in [0.717, 1.165) is 11.1 Å². The molecule has 3 aromatic rings. The van der Waals surface area contributed by atoms with Gasteiger partial charge in [-0.25, -0.2) is 4.79 Å². The number of nitrogens with zero attached hydrogens (tertiary/aromatic N) is 1. The molecule has 4 rings (SSSR count). The van der Waals surface area contributed by atoms with Gasteiger partial charge in [0.25, 0.3) is 5.91 Å². The average molecular weight is 583 g/mol.